The largest absolute Gasteiger partial charge is 0.493 e. The molecule has 0 aliphatic carbocycles. The normalized spacial score (nSPS) is 13.1. The standard InChI is InChI=1S/C11H17NO3/c1-5-7-11(15-8-6-2)9(3)10(4)12(13)14/h5,7H,1,6,8H2,2-4H3/b10-9+,11-7+. The molecule has 0 aromatic rings. The first-order chi connectivity index (χ1) is 7.04. The summed E-state index contributed by atoms with van der Waals surface area (Å²) in [5, 5.41) is 10.6. The van der Waals surface area contributed by atoms with Crippen molar-refractivity contribution in [1.82, 2.24) is 0 Å². The Morgan fingerprint density at radius 2 is 2.13 bits per heavy atom. The molecule has 84 valence electrons. The molecule has 0 spiro atoms. The van der Waals surface area contributed by atoms with Crippen LogP contribution in [0.4, 0.5) is 0 Å². The zero-order chi connectivity index (χ0) is 11.8. The molecule has 0 aromatic heterocycles. The average molecular weight is 211 g/mol. The molecule has 0 heterocycles. The highest BCUT2D eigenvalue weighted by Gasteiger charge is 2.12. The Labute approximate surface area is 90.1 Å². The summed E-state index contributed by atoms with van der Waals surface area (Å²) >= 11 is 0. The van der Waals surface area contributed by atoms with Crippen LogP contribution in [-0.2, 0) is 4.74 Å². The lowest BCUT2D eigenvalue weighted by molar-refractivity contribution is -0.425. The maximum absolute atomic E-state index is 10.6. The fourth-order valence-electron chi connectivity index (χ4n) is 0.916. The van der Waals surface area contributed by atoms with Gasteiger partial charge in [-0.1, -0.05) is 19.6 Å². The van der Waals surface area contributed by atoms with Crippen LogP contribution in [0.5, 0.6) is 0 Å². The summed E-state index contributed by atoms with van der Waals surface area (Å²) in [5.41, 5.74) is 0.632. The predicted molar refractivity (Wildman–Crippen MR) is 59.9 cm³/mol. The van der Waals surface area contributed by atoms with Gasteiger partial charge in [0.15, 0.2) is 0 Å². The first kappa shape index (κ1) is 13.4. The molecule has 0 fully saturated rings. The maximum Gasteiger partial charge on any atom is 0.249 e. The molecule has 4 heteroatoms. The van der Waals surface area contributed by atoms with Gasteiger partial charge in [-0.2, -0.15) is 0 Å². The number of nitro groups is 1. The molecule has 0 saturated heterocycles. The average Bonchev–Trinajstić information content (AvgIpc) is 2.22. The van der Waals surface area contributed by atoms with Gasteiger partial charge in [0, 0.05) is 6.92 Å². The molecule has 0 amide bonds. The molecule has 0 bridgehead atoms. The van der Waals surface area contributed by atoms with Gasteiger partial charge in [0.2, 0.25) is 5.70 Å². The third kappa shape index (κ3) is 4.44. The lowest BCUT2D eigenvalue weighted by Crippen LogP contribution is -2.03. The molecule has 0 aromatic carbocycles. The summed E-state index contributed by atoms with van der Waals surface area (Å²) in [6.07, 6.45) is 4.05. The van der Waals surface area contributed by atoms with E-state index in [0.29, 0.717) is 17.9 Å². The van der Waals surface area contributed by atoms with E-state index in [2.05, 4.69) is 6.58 Å². The van der Waals surface area contributed by atoms with Crippen LogP contribution in [-0.4, -0.2) is 11.5 Å². The van der Waals surface area contributed by atoms with Gasteiger partial charge in [0.25, 0.3) is 0 Å². The molecule has 15 heavy (non-hydrogen) atoms. The van der Waals surface area contributed by atoms with E-state index in [0.717, 1.165) is 6.42 Å². The smallest absolute Gasteiger partial charge is 0.249 e. The molecular formula is C11H17NO3. The Morgan fingerprint density at radius 3 is 2.53 bits per heavy atom. The highest BCUT2D eigenvalue weighted by atomic mass is 16.6. The van der Waals surface area contributed by atoms with E-state index in [-0.39, 0.29) is 5.70 Å². The molecule has 0 aliphatic rings. The van der Waals surface area contributed by atoms with Gasteiger partial charge in [-0.15, -0.1) is 0 Å². The minimum atomic E-state index is -0.415. The Bertz CT molecular complexity index is 303. The maximum atomic E-state index is 10.6. The lowest BCUT2D eigenvalue weighted by Gasteiger charge is -2.09. The van der Waals surface area contributed by atoms with Gasteiger partial charge in [-0.25, -0.2) is 0 Å². The molecule has 0 N–H and O–H groups in total. The molecule has 0 radical (unpaired) electrons. The van der Waals surface area contributed by atoms with Crippen molar-refractivity contribution in [3.63, 3.8) is 0 Å². The number of rotatable bonds is 6. The van der Waals surface area contributed by atoms with Gasteiger partial charge in [0.05, 0.1) is 17.1 Å². The predicted octanol–water partition coefficient (Wildman–Crippen LogP) is 3.05. The third-order valence-corrected chi connectivity index (χ3v) is 1.92. The zero-order valence-electron chi connectivity index (χ0n) is 9.45. The molecule has 4 nitrogen and oxygen atoms in total. The van der Waals surface area contributed by atoms with E-state index >= 15 is 0 Å². The van der Waals surface area contributed by atoms with Gasteiger partial charge < -0.3 is 4.74 Å². The Morgan fingerprint density at radius 1 is 1.53 bits per heavy atom. The second-order valence-electron chi connectivity index (χ2n) is 3.08. The Balaban J connectivity index is 4.92. The van der Waals surface area contributed by atoms with Crippen molar-refractivity contribution in [3.8, 4) is 0 Å². The summed E-state index contributed by atoms with van der Waals surface area (Å²) in [6, 6.07) is 0. The van der Waals surface area contributed by atoms with E-state index in [1.54, 1.807) is 19.1 Å². The van der Waals surface area contributed by atoms with Crippen LogP contribution in [0.3, 0.4) is 0 Å². The van der Waals surface area contributed by atoms with Crippen LogP contribution in [0.1, 0.15) is 27.2 Å². The molecular weight excluding hydrogens is 194 g/mol. The van der Waals surface area contributed by atoms with Crippen LogP contribution in [0, 0.1) is 10.1 Å². The second-order valence-corrected chi connectivity index (χ2v) is 3.08. The number of hydrogen-bond acceptors (Lipinski definition) is 3. The van der Waals surface area contributed by atoms with Crippen LogP contribution >= 0.6 is 0 Å². The van der Waals surface area contributed by atoms with Crippen molar-refractivity contribution in [2.24, 2.45) is 0 Å². The van der Waals surface area contributed by atoms with Crippen molar-refractivity contribution >= 4 is 0 Å². The molecule has 0 saturated carbocycles. The molecule has 0 rings (SSSR count). The van der Waals surface area contributed by atoms with E-state index < -0.39 is 4.92 Å². The van der Waals surface area contributed by atoms with Gasteiger partial charge >= 0.3 is 0 Å². The van der Waals surface area contributed by atoms with Crippen LogP contribution in [0.25, 0.3) is 0 Å². The zero-order valence-corrected chi connectivity index (χ0v) is 9.45. The molecule has 0 aliphatic heterocycles. The second kappa shape index (κ2) is 6.81. The van der Waals surface area contributed by atoms with Gasteiger partial charge in [0.1, 0.15) is 5.76 Å². The van der Waals surface area contributed by atoms with E-state index in [1.807, 2.05) is 6.92 Å². The molecule has 0 atom stereocenters. The van der Waals surface area contributed by atoms with E-state index in [9.17, 15) is 10.1 Å². The van der Waals surface area contributed by atoms with E-state index in [1.165, 1.54) is 6.92 Å². The summed E-state index contributed by atoms with van der Waals surface area (Å²) < 4.78 is 5.39. The Kier molecular flexibility index (Phi) is 6.09. The fraction of sp³-hybridized carbons (Fsp3) is 0.455. The molecule has 0 unspecified atom stereocenters. The SMILES string of the molecule is C=C/C=C(OCCC)\C(C)=C(/C)[N+](=O)[O-]. The fourth-order valence-corrected chi connectivity index (χ4v) is 0.916. The third-order valence-electron chi connectivity index (χ3n) is 1.92. The number of allylic oxidation sites excluding steroid dienone is 4. The number of ether oxygens (including phenoxy) is 1. The quantitative estimate of drug-likeness (QED) is 0.293. The Hall–Kier alpha value is -1.58. The van der Waals surface area contributed by atoms with Crippen molar-refractivity contribution < 1.29 is 9.66 Å². The van der Waals surface area contributed by atoms with Gasteiger partial charge in [-0.3, -0.25) is 10.1 Å². The summed E-state index contributed by atoms with van der Waals surface area (Å²) in [5.74, 6) is 0.515. The number of nitrogens with zero attached hydrogens (tertiary/aromatic N) is 1. The van der Waals surface area contributed by atoms with Crippen molar-refractivity contribution in [2.75, 3.05) is 6.61 Å². The van der Waals surface area contributed by atoms with Crippen LogP contribution in [0.2, 0.25) is 0 Å². The highest BCUT2D eigenvalue weighted by Crippen LogP contribution is 2.16. The van der Waals surface area contributed by atoms with E-state index in [4.69, 9.17) is 4.74 Å². The summed E-state index contributed by atoms with van der Waals surface area (Å²) in [4.78, 5) is 10.1. The minimum Gasteiger partial charge on any atom is -0.493 e. The highest BCUT2D eigenvalue weighted by molar-refractivity contribution is 5.28. The van der Waals surface area contributed by atoms with Gasteiger partial charge in [-0.05, 0) is 19.4 Å². The monoisotopic (exact) mass is 211 g/mol. The first-order valence-corrected chi connectivity index (χ1v) is 4.82. The first-order valence-electron chi connectivity index (χ1n) is 4.82. The topological polar surface area (TPSA) is 52.4 Å². The minimum absolute atomic E-state index is 0.0965. The van der Waals surface area contributed by atoms with Crippen LogP contribution < -0.4 is 0 Å². The summed E-state index contributed by atoms with van der Waals surface area (Å²) in [6.45, 7) is 9.20. The van der Waals surface area contributed by atoms with Crippen molar-refractivity contribution in [1.29, 1.82) is 0 Å². The van der Waals surface area contributed by atoms with Crippen molar-refractivity contribution in [2.45, 2.75) is 27.2 Å². The van der Waals surface area contributed by atoms with Crippen LogP contribution in [0.15, 0.2) is 35.8 Å². The van der Waals surface area contributed by atoms with Crippen molar-refractivity contribution in [3.05, 3.63) is 45.9 Å². The number of hydrogen-bond donors (Lipinski definition) is 0. The lowest BCUT2D eigenvalue weighted by atomic mass is 10.2. The summed E-state index contributed by atoms with van der Waals surface area (Å²) in [7, 11) is 0.